The Balaban J connectivity index is 1.43. The number of fused-ring (bicyclic) bond motifs is 4. The number of carbonyl (C=O) groups is 4. The summed E-state index contributed by atoms with van der Waals surface area (Å²) in [5.74, 6) is -6.85. The van der Waals surface area contributed by atoms with Gasteiger partial charge in [-0.15, -0.1) is 0 Å². The van der Waals surface area contributed by atoms with Crippen molar-refractivity contribution >= 4 is 52.6 Å². The molecule has 0 bridgehead atoms. The first-order valence-electron chi connectivity index (χ1n) is 15.8. The molecule has 2 aromatic carbocycles. The van der Waals surface area contributed by atoms with Crippen molar-refractivity contribution in [1.82, 2.24) is 14.9 Å². The Bertz CT molecular complexity index is 1940. The van der Waals surface area contributed by atoms with Crippen molar-refractivity contribution in [3.05, 3.63) is 99.2 Å². The van der Waals surface area contributed by atoms with Crippen LogP contribution in [-0.4, -0.2) is 50.2 Å². The van der Waals surface area contributed by atoms with Gasteiger partial charge in [0.1, 0.15) is 5.75 Å². The van der Waals surface area contributed by atoms with E-state index in [2.05, 4.69) is 10.4 Å². The second-order valence-corrected chi connectivity index (χ2v) is 13.6. The summed E-state index contributed by atoms with van der Waals surface area (Å²) in [6.45, 7) is 2.12. The third-order valence-electron chi connectivity index (χ3n) is 10.3. The van der Waals surface area contributed by atoms with Crippen molar-refractivity contribution in [3.8, 4) is 5.75 Å². The van der Waals surface area contributed by atoms with Crippen molar-refractivity contribution in [2.75, 3.05) is 12.0 Å². The van der Waals surface area contributed by atoms with Crippen LogP contribution in [0.1, 0.15) is 48.8 Å². The second-order valence-electron chi connectivity index (χ2n) is 12.8. The third kappa shape index (κ3) is 4.93. The highest BCUT2D eigenvalue weighted by atomic mass is 35.5. The first kappa shape index (κ1) is 33.1. The standard InChI is InChI=1S/C35H29Cl2F3N4O5/c1-2-13-43-30(46)22-12-11-20-23(27(22)32(43)48)15-24-31(47)44(42-29-25(37)14-18(16-41-29)35(38,39)40)33(49)34(24,17-7-9-19(36)10-8-17)28(20)21-5-3-4-6-26(21)45/h3-11,14,16,22-24,27-28,45H,2,12-13,15H2,1H3,(H,41,42). The monoisotopic (exact) mass is 712 g/mol. The van der Waals surface area contributed by atoms with E-state index in [0.717, 1.165) is 0 Å². The summed E-state index contributed by atoms with van der Waals surface area (Å²) < 4.78 is 40.1. The lowest BCUT2D eigenvalue weighted by atomic mass is 9.49. The number of imide groups is 2. The lowest BCUT2D eigenvalue weighted by Gasteiger charge is -2.50. The Morgan fingerprint density at radius 1 is 1.00 bits per heavy atom. The molecule has 2 N–H and O–H groups in total. The smallest absolute Gasteiger partial charge is 0.417 e. The molecule has 0 spiro atoms. The van der Waals surface area contributed by atoms with Gasteiger partial charge in [0, 0.05) is 29.2 Å². The summed E-state index contributed by atoms with van der Waals surface area (Å²) in [4.78, 5) is 62.1. The van der Waals surface area contributed by atoms with E-state index in [-0.39, 0.29) is 42.8 Å². The summed E-state index contributed by atoms with van der Waals surface area (Å²) in [5.41, 5.74) is 1.11. The highest BCUT2D eigenvalue weighted by Crippen LogP contribution is 2.65. The molecule has 3 heterocycles. The highest BCUT2D eigenvalue weighted by molar-refractivity contribution is 6.33. The van der Waals surface area contributed by atoms with E-state index < -0.39 is 63.6 Å². The molecule has 0 radical (unpaired) electrons. The molecule has 49 heavy (non-hydrogen) atoms. The number of hydrogen-bond acceptors (Lipinski definition) is 7. The summed E-state index contributed by atoms with van der Waals surface area (Å²) >= 11 is 12.5. The lowest BCUT2D eigenvalue weighted by molar-refractivity contribution is -0.141. The number of allylic oxidation sites excluding steroid dienone is 2. The largest absolute Gasteiger partial charge is 0.508 e. The van der Waals surface area contributed by atoms with Crippen LogP contribution >= 0.6 is 23.2 Å². The molecular formula is C35H29Cl2F3N4O5. The molecular weight excluding hydrogens is 684 g/mol. The van der Waals surface area contributed by atoms with Gasteiger partial charge in [0.2, 0.25) is 11.8 Å². The van der Waals surface area contributed by atoms with Crippen molar-refractivity contribution in [3.63, 3.8) is 0 Å². The van der Waals surface area contributed by atoms with Gasteiger partial charge < -0.3 is 5.11 Å². The highest BCUT2D eigenvalue weighted by Gasteiger charge is 2.70. The third-order valence-corrected chi connectivity index (χ3v) is 10.9. The number of phenolic OH excluding ortho intramolecular Hbond substituents is 1. The number of aromatic hydroxyl groups is 1. The zero-order valence-electron chi connectivity index (χ0n) is 25.9. The van der Waals surface area contributed by atoms with Crippen molar-refractivity contribution in [2.45, 2.75) is 43.7 Å². The minimum Gasteiger partial charge on any atom is -0.508 e. The summed E-state index contributed by atoms with van der Waals surface area (Å²) in [6, 6.07) is 13.5. The predicted octanol–water partition coefficient (Wildman–Crippen LogP) is 6.51. The van der Waals surface area contributed by atoms with Crippen LogP contribution in [0.4, 0.5) is 19.0 Å². The van der Waals surface area contributed by atoms with Gasteiger partial charge >= 0.3 is 6.18 Å². The maximum atomic E-state index is 15.1. The van der Waals surface area contributed by atoms with E-state index in [9.17, 15) is 32.7 Å². The number of halogens is 5. The Hall–Kier alpha value is -4.42. The zero-order valence-corrected chi connectivity index (χ0v) is 27.4. The number of amides is 4. The Morgan fingerprint density at radius 2 is 1.71 bits per heavy atom. The van der Waals surface area contributed by atoms with Gasteiger partial charge in [-0.05, 0) is 55.0 Å². The summed E-state index contributed by atoms with van der Waals surface area (Å²) in [7, 11) is 0. The van der Waals surface area contributed by atoms with Crippen LogP contribution < -0.4 is 5.43 Å². The molecule has 2 saturated heterocycles. The normalized spacial score (nSPS) is 28.0. The molecule has 6 atom stereocenters. The second kappa shape index (κ2) is 11.9. The Labute approximate surface area is 288 Å². The molecule has 6 unspecified atom stereocenters. The number of pyridine rings is 1. The Morgan fingerprint density at radius 3 is 2.37 bits per heavy atom. The van der Waals surface area contributed by atoms with E-state index >= 15 is 4.79 Å². The fraction of sp³-hybridized carbons (Fsp3) is 0.343. The number of anilines is 1. The average molecular weight is 714 g/mol. The topological polar surface area (TPSA) is 120 Å². The molecule has 2 aliphatic heterocycles. The number of likely N-dealkylation sites (tertiary alicyclic amines) is 1. The Kier molecular flexibility index (Phi) is 8.02. The first-order chi connectivity index (χ1) is 23.3. The fourth-order valence-corrected chi connectivity index (χ4v) is 8.70. The van der Waals surface area contributed by atoms with E-state index in [1.54, 1.807) is 42.5 Å². The van der Waals surface area contributed by atoms with Crippen LogP contribution in [0.3, 0.4) is 0 Å². The van der Waals surface area contributed by atoms with Crippen LogP contribution in [0.15, 0.2) is 72.4 Å². The maximum absolute atomic E-state index is 15.1. The van der Waals surface area contributed by atoms with Crippen molar-refractivity contribution in [2.24, 2.45) is 23.7 Å². The number of alkyl halides is 3. The van der Waals surface area contributed by atoms with Gasteiger partial charge in [0.25, 0.3) is 11.8 Å². The molecule has 1 aromatic heterocycles. The number of nitrogens with one attached hydrogen (secondary N) is 1. The van der Waals surface area contributed by atoms with Crippen LogP contribution in [0.2, 0.25) is 10.0 Å². The molecule has 254 valence electrons. The molecule has 3 aromatic rings. The van der Waals surface area contributed by atoms with E-state index in [1.165, 1.54) is 11.0 Å². The van der Waals surface area contributed by atoms with Crippen LogP contribution in [0.5, 0.6) is 5.75 Å². The van der Waals surface area contributed by atoms with Gasteiger partial charge in [-0.3, -0.25) is 29.5 Å². The molecule has 4 aliphatic rings. The van der Waals surface area contributed by atoms with Crippen molar-refractivity contribution < 1.29 is 37.5 Å². The minimum absolute atomic E-state index is 0.00433. The number of hydrogen-bond donors (Lipinski definition) is 2. The lowest BCUT2D eigenvalue weighted by Crippen LogP contribution is -2.53. The molecule has 4 amide bonds. The van der Waals surface area contributed by atoms with Crippen LogP contribution in [0, 0.1) is 23.7 Å². The number of carbonyl (C=O) groups excluding carboxylic acids is 4. The summed E-state index contributed by atoms with van der Waals surface area (Å²) in [6.07, 6.45) is -1.55. The number of benzene rings is 2. The molecule has 2 aliphatic carbocycles. The van der Waals surface area contributed by atoms with E-state index in [0.29, 0.717) is 45.4 Å². The number of hydrazine groups is 1. The van der Waals surface area contributed by atoms with E-state index in [1.807, 2.05) is 13.0 Å². The minimum atomic E-state index is -4.74. The quantitative estimate of drug-likeness (QED) is 0.221. The van der Waals surface area contributed by atoms with Crippen LogP contribution in [0.25, 0.3) is 0 Å². The SMILES string of the molecule is CCCN1C(=O)C2CC=C3C(CC4C(=O)N(Nc5ncc(C(F)(F)F)cc5Cl)C(=O)C4(c4ccc(Cl)cc4)C3c3ccccc3O)C2C1=O. The number of para-hydroxylation sites is 1. The number of phenols is 1. The average Bonchev–Trinajstić information content (AvgIpc) is 3.43. The molecule has 14 heteroatoms. The zero-order chi connectivity index (χ0) is 35.0. The fourth-order valence-electron chi connectivity index (χ4n) is 8.37. The van der Waals surface area contributed by atoms with Gasteiger partial charge in [0.05, 0.1) is 33.8 Å². The van der Waals surface area contributed by atoms with E-state index in [4.69, 9.17) is 23.2 Å². The number of nitrogens with zero attached hydrogens (tertiary/aromatic N) is 3. The van der Waals surface area contributed by atoms with Gasteiger partial charge in [-0.1, -0.05) is 72.1 Å². The summed E-state index contributed by atoms with van der Waals surface area (Å²) in [5, 5.41) is 11.9. The van der Waals surface area contributed by atoms with Crippen LogP contribution in [-0.2, 0) is 30.8 Å². The first-order valence-corrected chi connectivity index (χ1v) is 16.5. The number of aromatic nitrogens is 1. The van der Waals surface area contributed by atoms with Gasteiger partial charge in [-0.2, -0.15) is 18.2 Å². The van der Waals surface area contributed by atoms with Gasteiger partial charge in [-0.25, -0.2) is 4.98 Å². The number of rotatable bonds is 6. The molecule has 9 nitrogen and oxygen atoms in total. The molecule has 3 fully saturated rings. The molecule has 7 rings (SSSR count). The van der Waals surface area contributed by atoms with Gasteiger partial charge in [0.15, 0.2) is 5.82 Å². The predicted molar refractivity (Wildman–Crippen MR) is 172 cm³/mol. The molecule has 1 saturated carbocycles. The van der Waals surface area contributed by atoms with Crippen molar-refractivity contribution in [1.29, 1.82) is 0 Å². The maximum Gasteiger partial charge on any atom is 0.417 e.